The van der Waals surface area contributed by atoms with Crippen molar-refractivity contribution in [1.29, 1.82) is 0 Å². The summed E-state index contributed by atoms with van der Waals surface area (Å²) in [5, 5.41) is 45.8. The van der Waals surface area contributed by atoms with Crippen molar-refractivity contribution in [3.63, 3.8) is 0 Å². The fraction of sp³-hybridized carbons (Fsp3) is 0.220. The summed E-state index contributed by atoms with van der Waals surface area (Å²) < 4.78 is 64.3. The van der Waals surface area contributed by atoms with Crippen LogP contribution in [-0.2, 0) is 35.4 Å². The summed E-state index contributed by atoms with van der Waals surface area (Å²) in [6.45, 7) is 10.7. The highest BCUT2D eigenvalue weighted by molar-refractivity contribution is 7.89. The van der Waals surface area contributed by atoms with E-state index in [0.717, 1.165) is 85.0 Å². The maximum Gasteiger partial charge on any atom is 0.407 e. The fourth-order valence-electron chi connectivity index (χ4n) is 12.4. The Morgan fingerprint density at radius 1 is 0.453 bits per heavy atom. The van der Waals surface area contributed by atoms with E-state index >= 15 is 0 Å². The summed E-state index contributed by atoms with van der Waals surface area (Å²) in [6, 6.07) is 52.6. The number of hydrogen-bond donors (Lipinski definition) is 12. The van der Waals surface area contributed by atoms with E-state index in [2.05, 4.69) is 102 Å². The highest BCUT2D eigenvalue weighted by atomic mass is 32.2. The van der Waals surface area contributed by atoms with Gasteiger partial charge in [-0.3, -0.25) is 19.3 Å². The number of anilines is 12. The van der Waals surface area contributed by atoms with Crippen LogP contribution in [0.15, 0.2) is 181 Å². The number of nitrogen functional groups attached to an aromatic ring is 4. The van der Waals surface area contributed by atoms with Crippen molar-refractivity contribution < 1.29 is 56.0 Å². The first-order valence-electron chi connectivity index (χ1n) is 39.2. The molecule has 1 fully saturated rings. The number of fused-ring (bicyclic) bond motifs is 4. The van der Waals surface area contributed by atoms with Gasteiger partial charge in [-0.2, -0.15) is 38.7 Å². The predicted octanol–water partition coefficient (Wildman–Crippen LogP) is 10.9. The molecule has 8 aromatic carbocycles. The molecule has 16 aromatic rings. The Hall–Kier alpha value is -14.8. The van der Waals surface area contributed by atoms with Gasteiger partial charge in [0, 0.05) is 80.2 Å². The minimum absolute atomic E-state index is 0.0231. The number of sulfonamides is 1. The van der Waals surface area contributed by atoms with Crippen LogP contribution in [0.5, 0.6) is 17.2 Å². The van der Waals surface area contributed by atoms with Crippen LogP contribution in [0, 0.1) is 0 Å². The van der Waals surface area contributed by atoms with Gasteiger partial charge in [0.25, 0.3) is 11.8 Å². The van der Waals surface area contributed by atoms with E-state index in [4.69, 9.17) is 56.5 Å². The molecule has 8 aromatic heterocycles. The first kappa shape index (κ1) is 89.5. The zero-order valence-corrected chi connectivity index (χ0v) is 73.8. The van der Waals surface area contributed by atoms with Crippen molar-refractivity contribution in [2.24, 2.45) is 5.14 Å². The number of methoxy groups -OCH3 is 4. The van der Waals surface area contributed by atoms with Gasteiger partial charge in [0.15, 0.2) is 0 Å². The van der Waals surface area contributed by atoms with Gasteiger partial charge in [-0.25, -0.2) is 38.3 Å². The summed E-state index contributed by atoms with van der Waals surface area (Å²) in [6.07, 6.45) is 0.244. The molecule has 0 radical (unpaired) electrons. The second kappa shape index (κ2) is 40.4. The van der Waals surface area contributed by atoms with Crippen LogP contribution in [0.2, 0.25) is 0 Å². The van der Waals surface area contributed by atoms with Crippen molar-refractivity contribution in [1.82, 2.24) is 99.8 Å². The maximum absolute atomic E-state index is 12.7. The van der Waals surface area contributed by atoms with Crippen LogP contribution < -0.4 is 79.5 Å². The third-order valence-electron chi connectivity index (χ3n) is 18.4. The Morgan fingerprint density at radius 3 is 1.30 bits per heavy atom. The molecule has 0 aliphatic carbocycles. The zero-order valence-electron chi connectivity index (χ0n) is 69.7. The number of primary sulfonamides is 1. The van der Waals surface area contributed by atoms with E-state index in [-0.39, 0.29) is 64.8 Å². The molecule has 1 aliphatic rings. The van der Waals surface area contributed by atoms with Gasteiger partial charge in [-0.1, -0.05) is 99.9 Å². The lowest BCUT2D eigenvalue weighted by Crippen LogP contribution is -2.41. The molecule has 0 spiro atoms. The molecule has 0 atom stereocenters. The van der Waals surface area contributed by atoms with Crippen molar-refractivity contribution >= 4 is 190 Å². The molecule has 9 heterocycles. The van der Waals surface area contributed by atoms with Crippen molar-refractivity contribution in [3.05, 3.63) is 193 Å². The number of nitrogens with one attached hydrogen (secondary N) is 7. The predicted molar refractivity (Wildman–Crippen MR) is 492 cm³/mol. The highest BCUT2D eigenvalue weighted by Crippen LogP contribution is 2.35. The van der Waals surface area contributed by atoms with Crippen LogP contribution >= 0.6 is 45.3 Å². The number of nitrogens with zero attached hydrogens (tertiary/aromatic N) is 17. The Bertz CT molecular complexity index is 6670. The Labute approximate surface area is 746 Å². The van der Waals surface area contributed by atoms with Crippen molar-refractivity contribution in [3.8, 4) is 37.8 Å². The molecule has 17 N–H and O–H groups in total. The average molecular weight is 1830 g/mol. The molecule has 128 heavy (non-hydrogen) atoms. The van der Waals surface area contributed by atoms with Crippen LogP contribution in [0.4, 0.5) is 75.1 Å². The summed E-state index contributed by atoms with van der Waals surface area (Å²) in [5.41, 5.74) is 31.1. The van der Waals surface area contributed by atoms with E-state index in [1.165, 1.54) is 97.5 Å². The van der Waals surface area contributed by atoms with E-state index in [0.29, 0.717) is 104 Å². The first-order valence-corrected chi connectivity index (χ1v) is 44.0. The number of alkyl carbamates (subject to hydrolysis) is 1. The molecular formula is C82H87N29O12S5. The molecule has 662 valence electrons. The molecule has 1 aliphatic heterocycles. The Balaban J connectivity index is 0.000000139. The third-order valence-corrected chi connectivity index (χ3v) is 23.4. The second-order valence-electron chi connectivity index (χ2n) is 28.6. The SMILES string of the molecule is COC(=O)Cc1cccc(Nc2nc(N)n(-c3nc4ccccc4s3)n2)c1.COc1cc(Nc2nc(N)n(-c3nc4ccccc4s3)n2)ccc1C(=O)NCCCNC(=O)OC(C)(C)C.COc1cc(Nc2nc(N)n(-c3nc4ccccc4s3)n2)ccc1C(=O)NCCN1CCOCC1.COc1ccc2sc(-n3nc(Nc4cccc(S(N)(=O)=O)c4)nc3N)nc2c1. The maximum atomic E-state index is 12.7. The number of para-hydroxylation sites is 3. The minimum atomic E-state index is -3.81. The standard InChI is InChI=1S/C25H30N8O4S.C23H26N8O3S.C18H16N6O2S.C16H15N7O3S2/c1-25(2,3)37-24(35)28-13-7-12-27-20(34)16-11-10-15(14-18(16)36-4)29-22-31-21(26)33(32-22)23-30-17-8-5-6-9-19(17)38-23;1-33-18-14-15(6-7-16(18)20(32)25-8-9-30-10-12-34-13-11-30)26-22-28-21(24)31(29-22)23-27-17-4-2-3-5-19(17)35-23;1-26-15(25)10-11-5-4-6-12(9-11)20-17-22-16(19)24(23-17)18-21-13-7-2-3-8-14(13)27-18;1-26-10-5-6-13-12(8-10)20-16(27-13)23-14(17)21-15(22-23)19-9-3-2-4-11(7-9)28(18,24)25/h5-6,8-11,14H,7,12-13H2,1-4H3,(H,27,34)(H,28,35)(H3,26,29,31,32);2-7,14H,8-13H2,1H3,(H,25,32)(H3,24,26,28,29);2-9H,10H2,1H3,(H3,19,20,22,23);2-8H,1H3,(H2,18,24,25)(H3,17,19,21,22). The number of amides is 3. The Kier molecular flexibility index (Phi) is 28.3. The largest absolute Gasteiger partial charge is 0.497 e. The lowest BCUT2D eigenvalue weighted by molar-refractivity contribution is -0.139. The topological polar surface area (TPSA) is 550 Å². The molecule has 1 saturated heterocycles. The van der Waals surface area contributed by atoms with E-state index in [1.807, 2.05) is 115 Å². The number of benzene rings is 8. The number of aromatic nitrogens is 16. The molecular weight excluding hydrogens is 1740 g/mol. The average Bonchev–Trinajstić information content (AvgIpc) is 1.66. The number of carbonyl (C=O) groups excluding carboxylic acids is 4. The van der Waals surface area contributed by atoms with Gasteiger partial charge >= 0.3 is 12.1 Å². The molecule has 0 bridgehead atoms. The van der Waals surface area contributed by atoms with Gasteiger partial charge < -0.3 is 88.6 Å². The summed E-state index contributed by atoms with van der Waals surface area (Å²) in [4.78, 5) is 85.9. The molecule has 17 rings (SSSR count). The fourth-order valence-corrected chi connectivity index (χ4v) is 16.6. The lowest BCUT2D eigenvalue weighted by Gasteiger charge is -2.26. The summed E-state index contributed by atoms with van der Waals surface area (Å²) >= 11 is 5.82. The number of esters is 1. The molecule has 3 amide bonds. The second-order valence-corrected chi connectivity index (χ2v) is 34.2. The number of nitrogens with two attached hydrogens (primary N) is 5. The van der Waals surface area contributed by atoms with Crippen LogP contribution in [0.25, 0.3) is 61.4 Å². The summed E-state index contributed by atoms with van der Waals surface area (Å²) in [5.74, 6) is 2.65. The number of carbonyl (C=O) groups is 4. The number of thiazole rings is 4. The molecule has 0 saturated carbocycles. The van der Waals surface area contributed by atoms with Gasteiger partial charge in [-0.05, 0) is 136 Å². The molecule has 46 heteroatoms. The van der Waals surface area contributed by atoms with Crippen molar-refractivity contribution in [2.45, 2.75) is 44.1 Å². The van der Waals surface area contributed by atoms with Gasteiger partial charge in [0.05, 0.1) is 105 Å². The van der Waals surface area contributed by atoms with Crippen LogP contribution in [0.3, 0.4) is 0 Å². The minimum Gasteiger partial charge on any atom is -0.497 e. The number of ether oxygens (including phenoxy) is 6. The molecule has 0 unspecified atom stereocenters. The highest BCUT2D eigenvalue weighted by Gasteiger charge is 2.24. The monoisotopic (exact) mass is 1830 g/mol. The summed E-state index contributed by atoms with van der Waals surface area (Å²) in [7, 11) is 2.16. The quantitative estimate of drug-likeness (QED) is 0.0168. The number of rotatable bonds is 27. The zero-order chi connectivity index (χ0) is 90.2. The Morgan fingerprint density at radius 2 is 0.867 bits per heavy atom. The number of morpholine rings is 1. The van der Waals surface area contributed by atoms with E-state index in [9.17, 15) is 27.6 Å². The smallest absolute Gasteiger partial charge is 0.407 e. The molecule has 41 nitrogen and oxygen atoms in total. The van der Waals surface area contributed by atoms with Crippen LogP contribution in [-0.4, -0.2) is 203 Å². The third kappa shape index (κ3) is 23.0. The van der Waals surface area contributed by atoms with Gasteiger partial charge in [0.1, 0.15) is 22.8 Å². The first-order chi connectivity index (χ1) is 61.7. The van der Waals surface area contributed by atoms with Gasteiger partial charge in [-0.15, -0.1) is 20.4 Å². The number of hydrogen-bond acceptors (Lipinski definition) is 37. The lowest BCUT2D eigenvalue weighted by atomic mass is 10.1. The van der Waals surface area contributed by atoms with E-state index in [1.54, 1.807) is 76.4 Å². The van der Waals surface area contributed by atoms with Crippen molar-refractivity contribution in [2.75, 3.05) is 125 Å². The van der Waals surface area contributed by atoms with Crippen LogP contribution in [0.1, 0.15) is 53.5 Å². The normalized spacial score (nSPS) is 12.1. The van der Waals surface area contributed by atoms with Gasteiger partial charge in [0.2, 0.25) is 78.1 Å². The van der Waals surface area contributed by atoms with E-state index < -0.39 is 21.7 Å².